The van der Waals surface area contributed by atoms with Crippen molar-refractivity contribution in [3.63, 3.8) is 0 Å². The molecule has 2 aliphatic heterocycles. The molecule has 1 fully saturated rings. The summed E-state index contributed by atoms with van der Waals surface area (Å²) in [4.78, 5) is 46.2. The third-order valence-corrected chi connectivity index (χ3v) is 5.90. The first-order chi connectivity index (χ1) is 12.9. The number of β-lactam (4-membered cyclic amide) rings is 1. The van der Waals surface area contributed by atoms with E-state index in [2.05, 4.69) is 20.3 Å². The minimum absolute atomic E-state index is 0.150. The normalized spacial score (nSPS) is 22.2. The molecule has 3 heterocycles. The summed E-state index contributed by atoms with van der Waals surface area (Å²) in [6.45, 7) is -0.460. The number of anilines is 1. The van der Waals surface area contributed by atoms with Gasteiger partial charge in [-0.05, 0) is 5.57 Å². The Hall–Kier alpha value is -2.64. The number of thiazole rings is 1. The van der Waals surface area contributed by atoms with Gasteiger partial charge in [0.05, 0.1) is 6.61 Å². The maximum atomic E-state index is 12.6. The second-order valence-corrected chi connectivity index (χ2v) is 7.46. The third kappa shape index (κ3) is 3.36. The summed E-state index contributed by atoms with van der Waals surface area (Å²) in [7, 11) is 1.26. The number of oxime groups is 1. The quantitative estimate of drug-likeness (QED) is 0.254. The SMILES string of the molecule is CON=C(C(=O)NC1C(=O)N2C(C(=O)O)=C(CO)CS[C@@H]12)c1csc(N)n1. The van der Waals surface area contributed by atoms with Gasteiger partial charge in [0, 0.05) is 11.1 Å². The lowest BCUT2D eigenvalue weighted by Crippen LogP contribution is -2.71. The highest BCUT2D eigenvalue weighted by atomic mass is 32.2. The van der Waals surface area contributed by atoms with Crippen molar-refractivity contribution < 1.29 is 29.4 Å². The van der Waals surface area contributed by atoms with Crippen molar-refractivity contribution in [2.45, 2.75) is 11.4 Å². The van der Waals surface area contributed by atoms with Crippen LogP contribution in [-0.4, -0.2) is 74.5 Å². The molecule has 0 aromatic carbocycles. The smallest absolute Gasteiger partial charge is 0.352 e. The fourth-order valence-electron chi connectivity index (χ4n) is 2.71. The van der Waals surface area contributed by atoms with Crippen molar-refractivity contribution >= 4 is 51.7 Å². The largest absolute Gasteiger partial charge is 0.477 e. The van der Waals surface area contributed by atoms with E-state index in [0.717, 1.165) is 16.2 Å². The monoisotopic (exact) mass is 413 g/mol. The summed E-state index contributed by atoms with van der Waals surface area (Å²) in [5.41, 5.74) is 5.62. The van der Waals surface area contributed by atoms with E-state index in [1.54, 1.807) is 0 Å². The van der Waals surface area contributed by atoms with Gasteiger partial charge in [0.15, 0.2) is 10.8 Å². The van der Waals surface area contributed by atoms with Gasteiger partial charge in [-0.25, -0.2) is 9.78 Å². The fourth-order valence-corrected chi connectivity index (χ4v) is 4.59. The summed E-state index contributed by atoms with van der Waals surface area (Å²) >= 11 is 2.37. The molecule has 27 heavy (non-hydrogen) atoms. The molecule has 2 aliphatic rings. The number of carboxylic acids is 1. The molecule has 1 unspecified atom stereocenters. The average Bonchev–Trinajstić information content (AvgIpc) is 3.08. The maximum absolute atomic E-state index is 12.6. The van der Waals surface area contributed by atoms with Gasteiger partial charge in [0.1, 0.15) is 29.9 Å². The lowest BCUT2D eigenvalue weighted by molar-refractivity contribution is -0.150. The molecular formula is C14H15N5O6S2. The Bertz CT molecular complexity index is 866. The van der Waals surface area contributed by atoms with Crippen LogP contribution in [-0.2, 0) is 19.2 Å². The molecule has 11 nitrogen and oxygen atoms in total. The summed E-state index contributed by atoms with van der Waals surface area (Å²) in [6.07, 6.45) is 0. The van der Waals surface area contributed by atoms with Crippen LogP contribution in [0.4, 0.5) is 5.13 Å². The van der Waals surface area contributed by atoms with Crippen LogP contribution in [0, 0.1) is 0 Å². The number of aliphatic hydroxyl groups is 1. The highest BCUT2D eigenvalue weighted by molar-refractivity contribution is 8.00. The summed E-state index contributed by atoms with van der Waals surface area (Å²) < 4.78 is 0. The number of aromatic nitrogens is 1. The number of carbonyl (C=O) groups is 3. The van der Waals surface area contributed by atoms with Crippen molar-refractivity contribution in [2.24, 2.45) is 5.16 Å². The van der Waals surface area contributed by atoms with Crippen LogP contribution in [0.3, 0.4) is 0 Å². The number of hydrogen-bond acceptors (Lipinski definition) is 10. The molecule has 3 rings (SSSR count). The maximum Gasteiger partial charge on any atom is 0.352 e. The highest BCUT2D eigenvalue weighted by Crippen LogP contribution is 2.40. The van der Waals surface area contributed by atoms with Gasteiger partial charge in [0.25, 0.3) is 11.8 Å². The van der Waals surface area contributed by atoms with Crippen LogP contribution in [0.1, 0.15) is 5.69 Å². The third-order valence-electron chi connectivity index (χ3n) is 3.89. The second-order valence-electron chi connectivity index (χ2n) is 5.47. The first kappa shape index (κ1) is 19.1. The van der Waals surface area contributed by atoms with Gasteiger partial charge in [-0.1, -0.05) is 5.16 Å². The van der Waals surface area contributed by atoms with Crippen LogP contribution in [0.25, 0.3) is 0 Å². The van der Waals surface area contributed by atoms with E-state index in [1.807, 2.05) is 0 Å². The Morgan fingerprint density at radius 2 is 2.30 bits per heavy atom. The number of aliphatic hydroxyl groups excluding tert-OH is 1. The Morgan fingerprint density at radius 3 is 2.85 bits per heavy atom. The topological polar surface area (TPSA) is 167 Å². The van der Waals surface area contributed by atoms with Crippen molar-refractivity contribution in [3.05, 3.63) is 22.3 Å². The minimum atomic E-state index is -1.30. The summed E-state index contributed by atoms with van der Waals surface area (Å²) in [5.74, 6) is -2.35. The molecule has 1 aromatic heterocycles. The molecular weight excluding hydrogens is 398 g/mol. The number of nitrogen functional groups attached to an aromatic ring is 1. The number of nitrogens with two attached hydrogens (primary N) is 1. The van der Waals surface area contributed by atoms with Gasteiger partial charge >= 0.3 is 5.97 Å². The number of carbonyl (C=O) groups excluding carboxylic acids is 2. The first-order valence-corrected chi connectivity index (χ1v) is 9.46. The van der Waals surface area contributed by atoms with Gasteiger partial charge < -0.3 is 26.1 Å². The van der Waals surface area contributed by atoms with Crippen LogP contribution < -0.4 is 11.1 Å². The van der Waals surface area contributed by atoms with Crippen LogP contribution in [0.2, 0.25) is 0 Å². The molecule has 0 radical (unpaired) electrons. The number of nitrogens with zero attached hydrogens (tertiary/aromatic N) is 3. The molecule has 144 valence electrons. The lowest BCUT2D eigenvalue weighted by atomic mass is 10.0. The van der Waals surface area contributed by atoms with Crippen molar-refractivity contribution in [1.82, 2.24) is 15.2 Å². The van der Waals surface area contributed by atoms with E-state index in [-0.39, 0.29) is 33.6 Å². The molecule has 0 saturated carbocycles. The number of aliphatic carboxylic acids is 1. The second kappa shape index (κ2) is 7.54. The molecule has 0 aliphatic carbocycles. The molecule has 0 spiro atoms. The minimum Gasteiger partial charge on any atom is -0.477 e. The van der Waals surface area contributed by atoms with Gasteiger partial charge in [-0.2, -0.15) is 0 Å². The molecule has 2 amide bonds. The van der Waals surface area contributed by atoms with Crippen LogP contribution in [0.15, 0.2) is 21.8 Å². The van der Waals surface area contributed by atoms with Crippen molar-refractivity contribution in [2.75, 3.05) is 25.2 Å². The Kier molecular flexibility index (Phi) is 5.34. The predicted molar refractivity (Wildman–Crippen MR) is 96.8 cm³/mol. The van der Waals surface area contributed by atoms with Crippen LogP contribution in [0.5, 0.6) is 0 Å². The van der Waals surface area contributed by atoms with E-state index in [4.69, 9.17) is 5.73 Å². The van der Waals surface area contributed by atoms with Gasteiger partial charge in [0.2, 0.25) is 0 Å². The van der Waals surface area contributed by atoms with E-state index in [0.29, 0.717) is 0 Å². The number of amides is 2. The summed E-state index contributed by atoms with van der Waals surface area (Å²) in [6, 6.07) is -0.935. The number of carboxylic acid groups (broad SMARTS) is 1. The van der Waals surface area contributed by atoms with Gasteiger partial charge in [-0.3, -0.25) is 14.5 Å². The van der Waals surface area contributed by atoms with E-state index >= 15 is 0 Å². The number of rotatable bonds is 6. The Balaban J connectivity index is 1.79. The van der Waals surface area contributed by atoms with Crippen molar-refractivity contribution in [1.29, 1.82) is 0 Å². The van der Waals surface area contributed by atoms with E-state index in [1.165, 1.54) is 24.3 Å². The molecule has 13 heteroatoms. The van der Waals surface area contributed by atoms with Crippen molar-refractivity contribution in [3.8, 4) is 0 Å². The Labute approximate surface area is 160 Å². The number of nitrogens with one attached hydrogen (secondary N) is 1. The molecule has 1 aromatic rings. The van der Waals surface area contributed by atoms with E-state index in [9.17, 15) is 24.6 Å². The van der Waals surface area contributed by atoms with E-state index < -0.39 is 35.8 Å². The Morgan fingerprint density at radius 1 is 1.56 bits per heavy atom. The number of fused-ring (bicyclic) bond motifs is 1. The number of hydrogen-bond donors (Lipinski definition) is 4. The standard InChI is InChI=1S/C14H15N5O6S2/c1-25-18-7(6-4-27-14(15)16-6)10(21)17-8-11(22)19-9(13(23)24)5(2-20)3-26-12(8)19/h4,8,12,20H,2-3H2,1H3,(H2,15,16)(H,17,21)(H,23,24)/t8?,12-/m0/s1. The highest BCUT2D eigenvalue weighted by Gasteiger charge is 2.54. The molecule has 1 saturated heterocycles. The molecule has 2 atom stereocenters. The summed E-state index contributed by atoms with van der Waals surface area (Å²) in [5, 5.41) is 26.0. The first-order valence-electron chi connectivity index (χ1n) is 7.53. The van der Waals surface area contributed by atoms with Crippen LogP contribution >= 0.6 is 23.1 Å². The predicted octanol–water partition coefficient (Wildman–Crippen LogP) is -1.19. The lowest BCUT2D eigenvalue weighted by Gasteiger charge is -2.49. The molecule has 5 N–H and O–H groups in total. The zero-order valence-corrected chi connectivity index (χ0v) is 15.5. The fraction of sp³-hybridized carbons (Fsp3) is 0.357. The molecule has 0 bridgehead atoms. The average molecular weight is 413 g/mol. The van der Waals surface area contributed by atoms with Gasteiger partial charge in [-0.15, -0.1) is 23.1 Å². The number of thioether (sulfide) groups is 1. The zero-order valence-electron chi connectivity index (χ0n) is 13.9. The zero-order chi connectivity index (χ0) is 19.7.